The van der Waals surface area contributed by atoms with Crippen LogP contribution in [-0.2, 0) is 34.1 Å². The first-order chi connectivity index (χ1) is 19.5. The van der Waals surface area contributed by atoms with Gasteiger partial charge in [-0.1, -0.05) is 57.9 Å². The Morgan fingerprint density at radius 3 is 2.46 bits per heavy atom. The summed E-state index contributed by atoms with van der Waals surface area (Å²) >= 11 is 0. The second kappa shape index (κ2) is 15.4. The third-order valence-corrected chi connectivity index (χ3v) is 8.75. The van der Waals surface area contributed by atoms with Gasteiger partial charge in [0.15, 0.2) is 0 Å². The van der Waals surface area contributed by atoms with Crippen molar-refractivity contribution in [3.63, 3.8) is 0 Å². The lowest BCUT2D eigenvalue weighted by Gasteiger charge is -2.25. The number of nitrogens with zero attached hydrogens (tertiary/aromatic N) is 1. The van der Waals surface area contributed by atoms with Crippen molar-refractivity contribution in [3.8, 4) is 0 Å². The average molecular weight is 585 g/mol. The maximum atomic E-state index is 13.6. The van der Waals surface area contributed by atoms with Gasteiger partial charge in [-0.05, 0) is 79.3 Å². The van der Waals surface area contributed by atoms with Crippen LogP contribution < -0.4 is 20.3 Å². The predicted molar refractivity (Wildman–Crippen MR) is 167 cm³/mol. The number of unbranched alkanes of at least 4 members (excludes halogenated alkanes) is 1. The summed E-state index contributed by atoms with van der Waals surface area (Å²) in [4.78, 5) is 26.6. The van der Waals surface area contributed by atoms with Gasteiger partial charge in [0, 0.05) is 31.7 Å². The van der Waals surface area contributed by atoms with E-state index in [0.29, 0.717) is 36.7 Å². The normalized spacial score (nSPS) is 16.9. The number of carbonyl (C=O) groups excluding carboxylic acids is 2. The lowest BCUT2D eigenvalue weighted by atomic mass is 9.97. The third-order valence-electron chi connectivity index (χ3n) is 7.55. The average Bonchev–Trinajstić information content (AvgIpc) is 2.92. The molecule has 4 bridgehead atoms. The minimum atomic E-state index is -3.49. The molecule has 2 aromatic rings. The van der Waals surface area contributed by atoms with E-state index in [4.69, 9.17) is 0 Å². The molecule has 3 N–H and O–H groups in total. The van der Waals surface area contributed by atoms with Gasteiger partial charge in [0.2, 0.25) is 15.9 Å². The SMILES string of the molecule is CCCC[C@H](NC[C@@H]1Cc2cccc(c2)CCCCc2cc(cc(N(C)S(C)(=O)=O)c2)C(=O)N1)C(=O)NCC(C)C. The Balaban J connectivity index is 1.90. The van der Waals surface area contributed by atoms with E-state index >= 15 is 0 Å². The van der Waals surface area contributed by atoms with Gasteiger partial charge < -0.3 is 16.0 Å². The van der Waals surface area contributed by atoms with Gasteiger partial charge in [0.25, 0.3) is 5.91 Å². The highest BCUT2D eigenvalue weighted by molar-refractivity contribution is 7.92. The predicted octanol–water partition coefficient (Wildman–Crippen LogP) is 4.22. The van der Waals surface area contributed by atoms with E-state index in [2.05, 4.69) is 61.0 Å². The van der Waals surface area contributed by atoms with Crippen LogP contribution in [0.3, 0.4) is 0 Å². The van der Waals surface area contributed by atoms with E-state index in [-0.39, 0.29) is 23.9 Å². The van der Waals surface area contributed by atoms with Gasteiger partial charge in [0.05, 0.1) is 18.0 Å². The first-order valence-electron chi connectivity index (χ1n) is 14.9. The Bertz CT molecular complexity index is 1280. The van der Waals surface area contributed by atoms with Gasteiger partial charge in [-0.3, -0.25) is 13.9 Å². The zero-order chi connectivity index (χ0) is 30.0. The second-order valence-electron chi connectivity index (χ2n) is 11.8. The van der Waals surface area contributed by atoms with Crippen molar-refractivity contribution in [3.05, 3.63) is 64.7 Å². The fourth-order valence-corrected chi connectivity index (χ4v) is 5.56. The highest BCUT2D eigenvalue weighted by Crippen LogP contribution is 2.23. The number of aryl methyl sites for hydroxylation is 2. The van der Waals surface area contributed by atoms with Crippen LogP contribution in [0.5, 0.6) is 0 Å². The van der Waals surface area contributed by atoms with Crippen LogP contribution in [0.15, 0.2) is 42.5 Å². The monoisotopic (exact) mass is 584 g/mol. The first kappa shape index (κ1) is 32.6. The fraction of sp³-hybridized carbons (Fsp3) is 0.562. The van der Waals surface area contributed by atoms with Crippen molar-refractivity contribution in [2.75, 3.05) is 30.7 Å². The Labute approximate surface area is 246 Å². The molecule has 0 spiro atoms. The maximum Gasteiger partial charge on any atom is 0.251 e. The molecule has 2 amide bonds. The van der Waals surface area contributed by atoms with E-state index in [9.17, 15) is 18.0 Å². The summed E-state index contributed by atoms with van der Waals surface area (Å²) in [5, 5.41) is 9.70. The van der Waals surface area contributed by atoms with Crippen LogP contribution in [0.25, 0.3) is 0 Å². The lowest BCUT2D eigenvalue weighted by Crippen LogP contribution is -2.51. The molecule has 1 aliphatic heterocycles. The Morgan fingerprint density at radius 1 is 1.07 bits per heavy atom. The molecule has 226 valence electrons. The number of nitrogens with one attached hydrogen (secondary N) is 3. The molecule has 0 aromatic heterocycles. The molecule has 0 unspecified atom stereocenters. The quantitative estimate of drug-likeness (QED) is 0.367. The Kier molecular flexibility index (Phi) is 12.2. The molecule has 0 fully saturated rings. The second-order valence-corrected chi connectivity index (χ2v) is 13.8. The topological polar surface area (TPSA) is 108 Å². The van der Waals surface area contributed by atoms with Crippen LogP contribution in [-0.4, -0.2) is 58.7 Å². The number of sulfonamides is 1. The number of carbonyl (C=O) groups is 2. The summed E-state index contributed by atoms with van der Waals surface area (Å²) in [6.45, 7) is 7.30. The smallest absolute Gasteiger partial charge is 0.251 e. The molecule has 41 heavy (non-hydrogen) atoms. The van der Waals surface area contributed by atoms with E-state index in [0.717, 1.165) is 62.3 Å². The zero-order valence-electron chi connectivity index (χ0n) is 25.3. The maximum absolute atomic E-state index is 13.6. The molecule has 2 aromatic carbocycles. The lowest BCUT2D eigenvalue weighted by molar-refractivity contribution is -0.123. The number of benzene rings is 2. The highest BCUT2D eigenvalue weighted by Gasteiger charge is 2.23. The molecule has 8 nitrogen and oxygen atoms in total. The number of hydrogen-bond acceptors (Lipinski definition) is 5. The molecular formula is C32H48N4O4S. The summed E-state index contributed by atoms with van der Waals surface area (Å²) in [5.41, 5.74) is 4.24. The van der Waals surface area contributed by atoms with Crippen LogP contribution in [0.4, 0.5) is 5.69 Å². The zero-order valence-corrected chi connectivity index (χ0v) is 26.1. The van der Waals surface area contributed by atoms with Crippen LogP contribution in [0, 0.1) is 5.92 Å². The number of amides is 2. The largest absolute Gasteiger partial charge is 0.354 e. The van der Waals surface area contributed by atoms with Crippen molar-refractivity contribution >= 4 is 27.5 Å². The molecule has 3 rings (SSSR count). The van der Waals surface area contributed by atoms with Gasteiger partial charge in [-0.15, -0.1) is 0 Å². The minimum absolute atomic E-state index is 0.0116. The Morgan fingerprint density at radius 2 is 1.78 bits per heavy atom. The van der Waals surface area contributed by atoms with Gasteiger partial charge >= 0.3 is 0 Å². The van der Waals surface area contributed by atoms with E-state index in [1.165, 1.54) is 16.9 Å². The number of rotatable bonds is 11. The van der Waals surface area contributed by atoms with Gasteiger partial charge in [-0.2, -0.15) is 0 Å². The molecule has 0 saturated heterocycles. The number of fused-ring (bicyclic) bond motifs is 4. The number of anilines is 1. The standard InChI is InChI=1S/C32H48N4O4S/c1-6-7-15-30(32(38)34-21-23(2)3)33-22-28-18-25-14-10-13-24(16-25)11-8-9-12-26-17-27(31(37)35-28)20-29(19-26)36(4)41(5,39)40/h10,13-14,16-17,19-20,23,28,30,33H,6-9,11-12,15,18,21-22H2,1-5H3,(H,34,38)(H,35,37)/t28-,30-/m0/s1. The van der Waals surface area contributed by atoms with Crippen LogP contribution in [0.1, 0.15) is 79.9 Å². The van der Waals surface area contributed by atoms with Crippen molar-refractivity contribution < 1.29 is 18.0 Å². The number of hydrogen-bond donors (Lipinski definition) is 3. The summed E-state index contributed by atoms with van der Waals surface area (Å²) in [6.07, 6.45) is 8.03. The van der Waals surface area contributed by atoms with Gasteiger partial charge in [0.1, 0.15) is 0 Å². The molecule has 0 aliphatic carbocycles. The van der Waals surface area contributed by atoms with Crippen molar-refractivity contribution in [2.45, 2.75) is 84.2 Å². The van der Waals surface area contributed by atoms with Crippen molar-refractivity contribution in [2.24, 2.45) is 5.92 Å². The molecule has 2 atom stereocenters. The summed E-state index contributed by atoms with van der Waals surface area (Å²) < 4.78 is 25.8. The molecule has 9 heteroatoms. The Hall–Kier alpha value is -2.91. The molecule has 0 saturated carbocycles. The molecule has 1 heterocycles. The summed E-state index contributed by atoms with van der Waals surface area (Å²) in [5.74, 6) is 0.0891. The van der Waals surface area contributed by atoms with Gasteiger partial charge in [-0.25, -0.2) is 8.42 Å². The third kappa shape index (κ3) is 10.5. The minimum Gasteiger partial charge on any atom is -0.354 e. The summed E-state index contributed by atoms with van der Waals surface area (Å²) in [7, 11) is -1.98. The van der Waals surface area contributed by atoms with E-state index in [1.54, 1.807) is 6.07 Å². The first-order valence-corrected chi connectivity index (χ1v) is 16.8. The molecule has 0 radical (unpaired) electrons. The van der Waals surface area contributed by atoms with Crippen molar-refractivity contribution in [1.29, 1.82) is 0 Å². The highest BCUT2D eigenvalue weighted by atomic mass is 32.2. The summed E-state index contributed by atoms with van der Waals surface area (Å²) in [6, 6.07) is 13.3. The van der Waals surface area contributed by atoms with E-state index < -0.39 is 10.0 Å². The van der Waals surface area contributed by atoms with Crippen LogP contribution in [0.2, 0.25) is 0 Å². The van der Waals surface area contributed by atoms with Crippen LogP contribution >= 0.6 is 0 Å². The van der Waals surface area contributed by atoms with E-state index in [1.807, 2.05) is 12.1 Å². The molecular weight excluding hydrogens is 536 g/mol. The molecule has 1 aliphatic rings. The fourth-order valence-electron chi connectivity index (χ4n) is 5.07. The van der Waals surface area contributed by atoms with Crippen molar-refractivity contribution in [1.82, 2.24) is 16.0 Å².